The largest absolute Gasteiger partial charge is 0.497 e. The summed E-state index contributed by atoms with van der Waals surface area (Å²) in [4.78, 5) is 31.0. The number of halogens is 5. The number of fused-ring (bicyclic) bond motifs is 1. The van der Waals surface area contributed by atoms with E-state index in [1.165, 1.54) is 14.2 Å². The van der Waals surface area contributed by atoms with Gasteiger partial charge in [-0.05, 0) is 30.2 Å². The topological polar surface area (TPSA) is 102 Å². The predicted octanol–water partition coefficient (Wildman–Crippen LogP) is 4.20. The van der Waals surface area contributed by atoms with Crippen molar-refractivity contribution in [3.63, 3.8) is 0 Å². The number of benzene rings is 2. The molecule has 14 heteroatoms. The van der Waals surface area contributed by atoms with Crippen molar-refractivity contribution in [2.45, 2.75) is 30.6 Å². The fourth-order valence-corrected chi connectivity index (χ4v) is 5.15. The Bertz CT molecular complexity index is 1500. The van der Waals surface area contributed by atoms with E-state index in [0.29, 0.717) is 22.8 Å². The number of aromatic nitrogens is 1. The molecule has 0 radical (unpaired) electrons. The van der Waals surface area contributed by atoms with E-state index in [9.17, 15) is 22.8 Å². The smallest absolute Gasteiger partial charge is 0.419 e. The number of hydrogen-bond acceptors (Lipinski definition) is 6. The van der Waals surface area contributed by atoms with Gasteiger partial charge in [0.1, 0.15) is 47.3 Å². The van der Waals surface area contributed by atoms with Crippen LogP contribution in [0.3, 0.4) is 0 Å². The molecule has 2 aliphatic heterocycles. The SMILES string of the molecule is COc1cc(F)c([C@@H]2CN(c3ncccc3C(F)(F)F)C(=O)[C@H]2NC(=O)NC2COc3cc(OC)ccc3C2)c(F)c1. The van der Waals surface area contributed by atoms with Crippen molar-refractivity contribution in [2.24, 2.45) is 0 Å². The highest BCUT2D eigenvalue weighted by atomic mass is 19.4. The van der Waals surface area contributed by atoms with E-state index in [0.717, 1.165) is 36.0 Å². The lowest BCUT2D eigenvalue weighted by Gasteiger charge is -2.27. The first kappa shape index (κ1) is 28.9. The van der Waals surface area contributed by atoms with E-state index in [1.54, 1.807) is 18.2 Å². The van der Waals surface area contributed by atoms with Crippen LogP contribution in [-0.4, -0.2) is 56.4 Å². The first-order valence-corrected chi connectivity index (χ1v) is 12.7. The zero-order valence-electron chi connectivity index (χ0n) is 22.3. The molecule has 42 heavy (non-hydrogen) atoms. The minimum Gasteiger partial charge on any atom is -0.497 e. The molecule has 1 fully saturated rings. The molecule has 1 saturated heterocycles. The van der Waals surface area contributed by atoms with Crippen LogP contribution in [0.4, 0.5) is 32.6 Å². The van der Waals surface area contributed by atoms with Gasteiger partial charge in [0, 0.05) is 42.4 Å². The molecule has 0 bridgehead atoms. The fourth-order valence-electron chi connectivity index (χ4n) is 5.15. The minimum atomic E-state index is -4.87. The van der Waals surface area contributed by atoms with Crippen LogP contribution >= 0.6 is 0 Å². The quantitative estimate of drug-likeness (QED) is 0.417. The predicted molar refractivity (Wildman–Crippen MR) is 139 cm³/mol. The van der Waals surface area contributed by atoms with Gasteiger partial charge >= 0.3 is 12.2 Å². The zero-order valence-corrected chi connectivity index (χ0v) is 22.3. The molecule has 3 amide bonds. The summed E-state index contributed by atoms with van der Waals surface area (Å²) >= 11 is 0. The summed E-state index contributed by atoms with van der Waals surface area (Å²) in [7, 11) is 2.71. The Morgan fingerprint density at radius 1 is 1.05 bits per heavy atom. The summed E-state index contributed by atoms with van der Waals surface area (Å²) in [5.74, 6) is -4.34. The molecule has 1 unspecified atom stereocenters. The number of anilines is 1. The Morgan fingerprint density at radius 3 is 2.43 bits per heavy atom. The van der Waals surface area contributed by atoms with Gasteiger partial charge < -0.3 is 24.8 Å². The molecular formula is C28H25F5N4O5. The Balaban J connectivity index is 1.43. The Hall–Kier alpha value is -4.62. The van der Waals surface area contributed by atoms with Crippen molar-refractivity contribution in [3.8, 4) is 17.2 Å². The maximum atomic E-state index is 15.2. The van der Waals surface area contributed by atoms with Crippen LogP contribution in [0.25, 0.3) is 0 Å². The third kappa shape index (κ3) is 5.60. The molecule has 0 saturated carbocycles. The average molecular weight is 593 g/mol. The van der Waals surface area contributed by atoms with E-state index in [1.807, 2.05) is 0 Å². The number of rotatable bonds is 6. The van der Waals surface area contributed by atoms with Crippen LogP contribution in [0, 0.1) is 11.6 Å². The summed E-state index contributed by atoms with van der Waals surface area (Å²) in [6.45, 7) is -0.516. The van der Waals surface area contributed by atoms with E-state index < -0.39 is 71.2 Å². The summed E-state index contributed by atoms with van der Waals surface area (Å²) in [6.07, 6.45) is -3.45. The number of ether oxygens (including phenoxy) is 3. The molecule has 3 atom stereocenters. The molecule has 0 spiro atoms. The number of urea groups is 1. The lowest BCUT2D eigenvalue weighted by Crippen LogP contribution is -2.52. The Morgan fingerprint density at radius 2 is 1.76 bits per heavy atom. The van der Waals surface area contributed by atoms with Crippen LogP contribution in [-0.2, 0) is 17.4 Å². The molecule has 3 aromatic rings. The zero-order chi connectivity index (χ0) is 30.2. The van der Waals surface area contributed by atoms with Crippen LogP contribution in [0.5, 0.6) is 17.2 Å². The number of carbonyl (C=O) groups excluding carboxylic acids is 2. The van der Waals surface area contributed by atoms with E-state index in [2.05, 4.69) is 15.6 Å². The number of amides is 3. The summed E-state index contributed by atoms with van der Waals surface area (Å²) in [5, 5.41) is 5.08. The standard InChI is InChI=1S/C28H25F5N4O5/c1-40-16-6-5-14-8-15(13-42-22(14)11-16)35-27(39)36-24-18(23-20(29)9-17(41-2)10-21(23)30)12-37(26(24)38)25-19(28(31,32)33)4-3-7-34-25/h3-7,9-11,15,18,24H,8,12-13H2,1-2H3,(H2,35,36,39)/t15?,18-,24-/m0/s1. The van der Waals surface area contributed by atoms with Crippen molar-refractivity contribution in [2.75, 3.05) is 32.3 Å². The molecule has 2 aromatic carbocycles. The van der Waals surface area contributed by atoms with Crippen molar-refractivity contribution >= 4 is 17.8 Å². The molecule has 2 N–H and O–H groups in total. The number of alkyl halides is 3. The molecule has 1 aromatic heterocycles. The molecule has 9 nitrogen and oxygen atoms in total. The number of carbonyl (C=O) groups is 2. The summed E-state index contributed by atoms with van der Waals surface area (Å²) in [6, 6.07) is 5.71. The van der Waals surface area contributed by atoms with Crippen molar-refractivity contribution in [1.29, 1.82) is 0 Å². The van der Waals surface area contributed by atoms with Gasteiger partial charge in [-0.15, -0.1) is 0 Å². The normalized spacial score (nSPS) is 20.0. The van der Waals surface area contributed by atoms with Crippen LogP contribution < -0.4 is 29.7 Å². The maximum absolute atomic E-state index is 15.2. The maximum Gasteiger partial charge on any atom is 0.419 e. The second kappa shape index (κ2) is 11.3. The average Bonchev–Trinajstić information content (AvgIpc) is 3.26. The molecule has 3 heterocycles. The highest BCUT2D eigenvalue weighted by molar-refractivity contribution is 6.02. The van der Waals surface area contributed by atoms with Gasteiger partial charge in [-0.2, -0.15) is 13.2 Å². The van der Waals surface area contributed by atoms with Crippen molar-refractivity contribution < 1.29 is 45.8 Å². The molecule has 5 rings (SSSR count). The molecule has 2 aliphatic rings. The highest BCUT2D eigenvalue weighted by Gasteiger charge is 2.48. The second-order valence-electron chi connectivity index (χ2n) is 9.71. The molecule has 222 valence electrons. The second-order valence-corrected chi connectivity index (χ2v) is 9.71. The molecular weight excluding hydrogens is 567 g/mol. The van der Waals surface area contributed by atoms with Gasteiger partial charge in [0.2, 0.25) is 0 Å². The lowest BCUT2D eigenvalue weighted by molar-refractivity contribution is -0.137. The number of pyridine rings is 1. The number of hydrogen-bond donors (Lipinski definition) is 2. The summed E-state index contributed by atoms with van der Waals surface area (Å²) in [5.41, 5.74) is -1.02. The first-order valence-electron chi connectivity index (χ1n) is 12.7. The van der Waals surface area contributed by atoms with E-state index in [-0.39, 0.29) is 12.4 Å². The Labute approximate surface area is 236 Å². The van der Waals surface area contributed by atoms with Crippen LogP contribution in [0.15, 0.2) is 48.7 Å². The van der Waals surface area contributed by atoms with Gasteiger partial charge in [0.15, 0.2) is 0 Å². The van der Waals surface area contributed by atoms with E-state index in [4.69, 9.17) is 14.2 Å². The van der Waals surface area contributed by atoms with Gasteiger partial charge in [-0.1, -0.05) is 6.07 Å². The van der Waals surface area contributed by atoms with Crippen LogP contribution in [0.2, 0.25) is 0 Å². The van der Waals surface area contributed by atoms with Crippen molar-refractivity contribution in [3.05, 3.63) is 77.0 Å². The van der Waals surface area contributed by atoms with Gasteiger partial charge in [-0.3, -0.25) is 9.69 Å². The molecule has 0 aliphatic carbocycles. The third-order valence-corrected chi connectivity index (χ3v) is 7.12. The lowest BCUT2D eigenvalue weighted by atomic mass is 9.92. The fraction of sp³-hybridized carbons (Fsp3) is 0.321. The van der Waals surface area contributed by atoms with Crippen molar-refractivity contribution in [1.82, 2.24) is 15.6 Å². The van der Waals surface area contributed by atoms with E-state index >= 15 is 8.78 Å². The minimum absolute atomic E-state index is 0.0758. The third-order valence-electron chi connectivity index (χ3n) is 7.12. The highest BCUT2D eigenvalue weighted by Crippen LogP contribution is 2.40. The number of methoxy groups -OCH3 is 2. The Kier molecular flexibility index (Phi) is 7.80. The monoisotopic (exact) mass is 592 g/mol. The number of nitrogens with zero attached hydrogens (tertiary/aromatic N) is 2. The first-order chi connectivity index (χ1) is 20.0. The van der Waals surface area contributed by atoms with Gasteiger partial charge in [0.25, 0.3) is 5.91 Å². The number of nitrogens with one attached hydrogen (secondary N) is 2. The summed E-state index contributed by atoms with van der Waals surface area (Å²) < 4.78 is 87.4. The van der Waals surface area contributed by atoms with Crippen LogP contribution in [0.1, 0.15) is 22.6 Å². The van der Waals surface area contributed by atoms with Gasteiger partial charge in [0.05, 0.1) is 25.8 Å². The van der Waals surface area contributed by atoms with Gasteiger partial charge in [-0.25, -0.2) is 18.6 Å².